The van der Waals surface area contributed by atoms with Gasteiger partial charge in [-0.2, -0.15) is 0 Å². The van der Waals surface area contributed by atoms with Crippen molar-refractivity contribution in [1.82, 2.24) is 0 Å². The van der Waals surface area contributed by atoms with Crippen molar-refractivity contribution in [2.75, 3.05) is 13.3 Å². The van der Waals surface area contributed by atoms with E-state index >= 15 is 0 Å². The standard InChI is InChI=1S/C9H8ClF2O/c10-8-3-1-2-4-9(8)13-7(5-11)6-12/h2-4,7H,5-6H2. The van der Waals surface area contributed by atoms with Gasteiger partial charge in [0.1, 0.15) is 19.1 Å². The van der Waals surface area contributed by atoms with Gasteiger partial charge in [-0.1, -0.05) is 17.7 Å². The summed E-state index contributed by atoms with van der Waals surface area (Å²) < 4.78 is 29.1. The van der Waals surface area contributed by atoms with Gasteiger partial charge in [0, 0.05) is 0 Å². The molecule has 0 bridgehead atoms. The second-order valence-electron chi connectivity index (χ2n) is 2.40. The average Bonchev–Trinajstić information content (AvgIpc) is 2.17. The average molecular weight is 206 g/mol. The molecule has 0 atom stereocenters. The van der Waals surface area contributed by atoms with Crippen LogP contribution in [0, 0.1) is 6.07 Å². The summed E-state index contributed by atoms with van der Waals surface area (Å²) in [7, 11) is 0. The van der Waals surface area contributed by atoms with E-state index < -0.39 is 19.5 Å². The van der Waals surface area contributed by atoms with E-state index in [-0.39, 0.29) is 5.75 Å². The van der Waals surface area contributed by atoms with E-state index in [0.717, 1.165) is 0 Å². The monoisotopic (exact) mass is 205 g/mol. The van der Waals surface area contributed by atoms with Crippen LogP contribution in [0.3, 0.4) is 0 Å². The summed E-state index contributed by atoms with van der Waals surface area (Å²) >= 11 is 5.68. The largest absolute Gasteiger partial charge is 0.483 e. The Bertz CT molecular complexity index is 264. The molecule has 0 unspecified atom stereocenters. The molecule has 1 nitrogen and oxygen atoms in total. The van der Waals surface area contributed by atoms with E-state index in [1.54, 1.807) is 6.07 Å². The fraction of sp³-hybridized carbons (Fsp3) is 0.333. The Morgan fingerprint density at radius 2 is 2.15 bits per heavy atom. The first-order chi connectivity index (χ1) is 6.27. The minimum absolute atomic E-state index is 0.278. The number of halogens is 3. The Labute approximate surface area is 80.3 Å². The Balaban J connectivity index is 2.67. The molecule has 13 heavy (non-hydrogen) atoms. The topological polar surface area (TPSA) is 9.23 Å². The summed E-state index contributed by atoms with van der Waals surface area (Å²) in [6.07, 6.45) is -1.07. The van der Waals surface area contributed by atoms with Crippen LogP contribution in [-0.4, -0.2) is 19.5 Å². The molecule has 0 N–H and O–H groups in total. The molecule has 0 amide bonds. The van der Waals surface area contributed by atoms with Crippen LogP contribution in [0.15, 0.2) is 18.2 Å². The van der Waals surface area contributed by atoms with Crippen molar-refractivity contribution < 1.29 is 13.5 Å². The Hall–Kier alpha value is -0.830. The summed E-state index contributed by atoms with van der Waals surface area (Å²) in [5, 5.41) is 0.300. The lowest BCUT2D eigenvalue weighted by Crippen LogP contribution is -2.21. The minimum Gasteiger partial charge on any atom is -0.483 e. The van der Waals surface area contributed by atoms with Crippen LogP contribution < -0.4 is 4.74 Å². The third-order valence-corrected chi connectivity index (χ3v) is 1.71. The highest BCUT2D eigenvalue weighted by Crippen LogP contribution is 2.24. The summed E-state index contributed by atoms with van der Waals surface area (Å²) in [6.45, 7) is -1.74. The van der Waals surface area contributed by atoms with E-state index in [1.807, 2.05) is 0 Å². The van der Waals surface area contributed by atoms with Crippen molar-refractivity contribution >= 4 is 11.6 Å². The van der Waals surface area contributed by atoms with Gasteiger partial charge in [-0.25, -0.2) is 8.78 Å². The SMILES string of the molecule is FCC(CF)Oc1cc[c]cc1Cl. The molecule has 0 aliphatic carbocycles. The lowest BCUT2D eigenvalue weighted by Gasteiger charge is -2.12. The molecule has 1 aromatic carbocycles. The molecule has 0 saturated carbocycles. The summed E-state index contributed by atoms with van der Waals surface area (Å²) in [5.41, 5.74) is 0. The normalized spacial score (nSPS) is 10.5. The first kappa shape index (κ1) is 10.3. The maximum absolute atomic E-state index is 12.1. The van der Waals surface area contributed by atoms with Crippen LogP contribution >= 0.6 is 11.6 Å². The van der Waals surface area contributed by atoms with Gasteiger partial charge >= 0.3 is 0 Å². The molecule has 0 aliphatic heterocycles. The second kappa shape index (κ2) is 5.02. The zero-order valence-electron chi connectivity index (χ0n) is 6.77. The van der Waals surface area contributed by atoms with E-state index in [9.17, 15) is 8.78 Å². The Morgan fingerprint density at radius 3 is 2.69 bits per heavy atom. The van der Waals surface area contributed by atoms with Crippen molar-refractivity contribution in [2.24, 2.45) is 0 Å². The number of benzene rings is 1. The Kier molecular flexibility index (Phi) is 3.96. The number of hydrogen-bond acceptors (Lipinski definition) is 1. The Morgan fingerprint density at radius 1 is 1.46 bits per heavy atom. The highest BCUT2D eigenvalue weighted by Gasteiger charge is 2.10. The van der Waals surface area contributed by atoms with Gasteiger partial charge in [0.25, 0.3) is 0 Å². The van der Waals surface area contributed by atoms with Gasteiger partial charge in [-0.15, -0.1) is 0 Å². The predicted molar refractivity (Wildman–Crippen MR) is 46.7 cm³/mol. The molecule has 1 aromatic rings. The molecular formula is C9H8ClF2O. The highest BCUT2D eigenvalue weighted by molar-refractivity contribution is 6.32. The van der Waals surface area contributed by atoms with Gasteiger partial charge in [-0.3, -0.25) is 0 Å². The summed E-state index contributed by atoms with van der Waals surface area (Å²) in [5.74, 6) is 0.278. The summed E-state index contributed by atoms with van der Waals surface area (Å²) in [4.78, 5) is 0. The number of rotatable bonds is 4. The molecule has 71 valence electrons. The third-order valence-electron chi connectivity index (χ3n) is 1.41. The lowest BCUT2D eigenvalue weighted by atomic mass is 10.3. The van der Waals surface area contributed by atoms with Crippen LogP contribution in [0.2, 0.25) is 5.02 Å². The first-order valence-corrected chi connectivity index (χ1v) is 4.10. The van der Waals surface area contributed by atoms with E-state index in [4.69, 9.17) is 16.3 Å². The maximum Gasteiger partial charge on any atom is 0.155 e. The van der Waals surface area contributed by atoms with Crippen molar-refractivity contribution in [2.45, 2.75) is 6.10 Å². The van der Waals surface area contributed by atoms with Gasteiger partial charge in [0.15, 0.2) is 6.10 Å². The zero-order valence-corrected chi connectivity index (χ0v) is 7.52. The second-order valence-corrected chi connectivity index (χ2v) is 2.81. The highest BCUT2D eigenvalue weighted by atomic mass is 35.5. The van der Waals surface area contributed by atoms with Gasteiger partial charge in [0.2, 0.25) is 0 Å². The molecule has 1 radical (unpaired) electrons. The lowest BCUT2D eigenvalue weighted by molar-refractivity contribution is 0.134. The molecule has 0 aromatic heterocycles. The molecule has 1 rings (SSSR count). The van der Waals surface area contributed by atoms with Crippen LogP contribution in [0.25, 0.3) is 0 Å². The zero-order chi connectivity index (χ0) is 9.68. The molecule has 0 aliphatic rings. The minimum atomic E-state index is -1.07. The van der Waals surface area contributed by atoms with Crippen molar-refractivity contribution in [3.05, 3.63) is 29.3 Å². The van der Waals surface area contributed by atoms with E-state index in [0.29, 0.717) is 5.02 Å². The first-order valence-electron chi connectivity index (χ1n) is 3.72. The van der Waals surface area contributed by atoms with Crippen LogP contribution in [0.4, 0.5) is 8.78 Å². The molecule has 0 heterocycles. The molecule has 0 saturated heterocycles. The van der Waals surface area contributed by atoms with Crippen molar-refractivity contribution in [1.29, 1.82) is 0 Å². The quantitative estimate of drug-likeness (QED) is 0.735. The van der Waals surface area contributed by atoms with Crippen LogP contribution in [-0.2, 0) is 0 Å². The summed E-state index contributed by atoms with van der Waals surface area (Å²) in [6, 6.07) is 7.27. The van der Waals surface area contributed by atoms with E-state index in [2.05, 4.69) is 6.07 Å². The number of ether oxygens (including phenoxy) is 1. The molecule has 4 heteroatoms. The molecule has 0 spiro atoms. The third kappa shape index (κ3) is 2.84. The van der Waals surface area contributed by atoms with Gasteiger partial charge in [-0.05, 0) is 18.2 Å². The van der Waals surface area contributed by atoms with E-state index in [1.165, 1.54) is 12.1 Å². The van der Waals surface area contributed by atoms with Crippen LogP contribution in [0.5, 0.6) is 5.75 Å². The van der Waals surface area contributed by atoms with Gasteiger partial charge in [0.05, 0.1) is 5.02 Å². The van der Waals surface area contributed by atoms with Crippen LogP contribution in [0.1, 0.15) is 0 Å². The van der Waals surface area contributed by atoms with Crippen molar-refractivity contribution in [3.63, 3.8) is 0 Å². The molecule has 0 fully saturated rings. The molecular weight excluding hydrogens is 198 g/mol. The fourth-order valence-electron chi connectivity index (χ4n) is 0.775. The predicted octanol–water partition coefficient (Wildman–Crippen LogP) is 2.83. The maximum atomic E-state index is 12.1. The van der Waals surface area contributed by atoms with Crippen molar-refractivity contribution in [3.8, 4) is 5.75 Å². The smallest absolute Gasteiger partial charge is 0.155 e. The fourth-order valence-corrected chi connectivity index (χ4v) is 0.946. The number of hydrogen-bond donors (Lipinski definition) is 0. The van der Waals surface area contributed by atoms with Gasteiger partial charge < -0.3 is 4.74 Å². The number of alkyl halides is 2.